The summed E-state index contributed by atoms with van der Waals surface area (Å²) in [6.07, 6.45) is 3.48. The second-order valence-electron chi connectivity index (χ2n) is 7.98. The van der Waals surface area contributed by atoms with E-state index in [1.54, 1.807) is 11.3 Å². The van der Waals surface area contributed by atoms with Crippen molar-refractivity contribution in [2.45, 2.75) is 70.9 Å². The van der Waals surface area contributed by atoms with E-state index >= 15 is 0 Å². The van der Waals surface area contributed by atoms with Gasteiger partial charge in [0, 0.05) is 10.8 Å². The average Bonchev–Trinajstić information content (AvgIpc) is 3.02. The highest BCUT2D eigenvalue weighted by molar-refractivity contribution is 7.09. The van der Waals surface area contributed by atoms with E-state index in [4.69, 9.17) is 0 Å². The zero-order chi connectivity index (χ0) is 16.8. The first-order valence-electron chi connectivity index (χ1n) is 8.30. The summed E-state index contributed by atoms with van der Waals surface area (Å²) in [6, 6.07) is -0.269. The predicted molar refractivity (Wildman–Crippen MR) is 90.3 cm³/mol. The number of carbonyl (C=O) groups is 2. The minimum Gasteiger partial charge on any atom is -0.323 e. The molecule has 1 aliphatic heterocycles. The molecular formula is C17H25N3O2S. The lowest BCUT2D eigenvalue weighted by molar-refractivity contribution is -0.133. The third-order valence-corrected chi connectivity index (χ3v) is 6.20. The number of carbonyl (C=O) groups excluding carboxylic acids is 2. The Labute approximate surface area is 141 Å². The van der Waals surface area contributed by atoms with E-state index in [2.05, 4.69) is 38.0 Å². The summed E-state index contributed by atoms with van der Waals surface area (Å²) in [4.78, 5) is 31.1. The molecule has 0 unspecified atom stereocenters. The number of nitrogens with one attached hydrogen (secondary N) is 1. The summed E-state index contributed by atoms with van der Waals surface area (Å²) >= 11 is 1.59. The second kappa shape index (κ2) is 5.58. The van der Waals surface area contributed by atoms with Crippen LogP contribution in [0.3, 0.4) is 0 Å². The van der Waals surface area contributed by atoms with Crippen molar-refractivity contribution in [3.05, 3.63) is 16.1 Å². The van der Waals surface area contributed by atoms with E-state index < -0.39 is 5.54 Å². The monoisotopic (exact) mass is 335 g/mol. The SMILES string of the molecule is CC1CCC2(CC1)NC(=O)N(Cc1csc(C(C)(C)C)n1)C2=O. The zero-order valence-corrected chi connectivity index (χ0v) is 15.1. The number of thiazole rings is 1. The quantitative estimate of drug-likeness (QED) is 0.842. The number of rotatable bonds is 2. The number of imide groups is 1. The van der Waals surface area contributed by atoms with E-state index in [1.807, 2.05) is 5.38 Å². The molecule has 23 heavy (non-hydrogen) atoms. The summed E-state index contributed by atoms with van der Waals surface area (Å²) in [5.41, 5.74) is 0.123. The summed E-state index contributed by atoms with van der Waals surface area (Å²) in [5, 5.41) is 5.94. The lowest BCUT2D eigenvalue weighted by Gasteiger charge is -2.33. The number of hydrogen-bond donors (Lipinski definition) is 1. The van der Waals surface area contributed by atoms with Gasteiger partial charge in [-0.2, -0.15) is 0 Å². The van der Waals surface area contributed by atoms with Crippen LogP contribution >= 0.6 is 11.3 Å². The molecule has 0 radical (unpaired) electrons. The van der Waals surface area contributed by atoms with Crippen LogP contribution in [0.15, 0.2) is 5.38 Å². The minimum absolute atomic E-state index is 0.0130. The molecule has 1 spiro atoms. The molecule has 0 bridgehead atoms. The number of amides is 3. The van der Waals surface area contributed by atoms with Crippen molar-refractivity contribution in [1.29, 1.82) is 0 Å². The fourth-order valence-electron chi connectivity index (χ4n) is 3.30. The van der Waals surface area contributed by atoms with Crippen LogP contribution in [0.4, 0.5) is 4.79 Å². The molecule has 1 N–H and O–H groups in total. The van der Waals surface area contributed by atoms with Crippen LogP contribution in [0.25, 0.3) is 0 Å². The van der Waals surface area contributed by atoms with Crippen molar-refractivity contribution < 1.29 is 9.59 Å². The van der Waals surface area contributed by atoms with Crippen LogP contribution in [0.2, 0.25) is 0 Å². The van der Waals surface area contributed by atoms with Gasteiger partial charge in [-0.25, -0.2) is 9.78 Å². The lowest BCUT2D eigenvalue weighted by atomic mass is 9.77. The van der Waals surface area contributed by atoms with E-state index in [9.17, 15) is 9.59 Å². The van der Waals surface area contributed by atoms with Gasteiger partial charge >= 0.3 is 6.03 Å². The van der Waals surface area contributed by atoms with Crippen LogP contribution in [-0.2, 0) is 16.8 Å². The minimum atomic E-state index is -0.660. The highest BCUT2D eigenvalue weighted by atomic mass is 32.1. The molecule has 1 aliphatic carbocycles. The van der Waals surface area contributed by atoms with Crippen LogP contribution < -0.4 is 5.32 Å². The van der Waals surface area contributed by atoms with E-state index in [0.717, 1.165) is 36.4 Å². The summed E-state index contributed by atoms with van der Waals surface area (Å²) in [6.45, 7) is 8.81. The Hall–Kier alpha value is -1.43. The van der Waals surface area contributed by atoms with Gasteiger partial charge in [0.1, 0.15) is 5.54 Å². The van der Waals surface area contributed by atoms with E-state index in [1.165, 1.54) is 4.90 Å². The Balaban J connectivity index is 1.75. The van der Waals surface area contributed by atoms with Crippen molar-refractivity contribution in [2.24, 2.45) is 5.92 Å². The highest BCUT2D eigenvalue weighted by Crippen LogP contribution is 2.37. The smallest absolute Gasteiger partial charge is 0.323 e. The molecule has 1 aromatic heterocycles. The van der Waals surface area contributed by atoms with Crippen LogP contribution in [0.1, 0.15) is 64.1 Å². The maximum atomic E-state index is 12.8. The maximum absolute atomic E-state index is 12.8. The fourth-order valence-corrected chi connectivity index (χ4v) is 4.20. The van der Waals surface area contributed by atoms with Gasteiger partial charge in [-0.05, 0) is 31.6 Å². The number of urea groups is 1. The van der Waals surface area contributed by atoms with Crippen molar-refractivity contribution >= 4 is 23.3 Å². The number of aromatic nitrogens is 1. The van der Waals surface area contributed by atoms with Gasteiger partial charge in [0.15, 0.2) is 0 Å². The molecule has 2 heterocycles. The Morgan fingerprint density at radius 2 is 2.00 bits per heavy atom. The van der Waals surface area contributed by atoms with Gasteiger partial charge in [-0.3, -0.25) is 9.69 Å². The van der Waals surface area contributed by atoms with Gasteiger partial charge in [0.2, 0.25) is 0 Å². The lowest BCUT2D eigenvalue weighted by Crippen LogP contribution is -2.49. The Morgan fingerprint density at radius 1 is 1.35 bits per heavy atom. The molecule has 0 aromatic carbocycles. The first-order chi connectivity index (χ1) is 10.7. The molecular weight excluding hydrogens is 310 g/mol. The third-order valence-electron chi connectivity index (χ3n) is 4.89. The molecule has 3 rings (SSSR count). The molecule has 2 aliphatic rings. The molecule has 3 amide bonds. The van der Waals surface area contributed by atoms with E-state index in [0.29, 0.717) is 5.92 Å². The molecule has 0 atom stereocenters. The summed E-state index contributed by atoms with van der Waals surface area (Å²) in [5.74, 6) is 0.562. The molecule has 1 saturated carbocycles. The Bertz CT molecular complexity index is 624. The largest absolute Gasteiger partial charge is 0.325 e. The van der Waals surface area contributed by atoms with Gasteiger partial charge in [0.05, 0.1) is 17.2 Å². The van der Waals surface area contributed by atoms with Gasteiger partial charge < -0.3 is 5.32 Å². The third kappa shape index (κ3) is 3.01. The van der Waals surface area contributed by atoms with E-state index in [-0.39, 0.29) is 23.9 Å². The second-order valence-corrected chi connectivity index (χ2v) is 8.84. The van der Waals surface area contributed by atoms with Crippen molar-refractivity contribution in [3.8, 4) is 0 Å². The first-order valence-corrected chi connectivity index (χ1v) is 9.18. The van der Waals surface area contributed by atoms with Crippen LogP contribution in [0, 0.1) is 5.92 Å². The standard InChI is InChI=1S/C17H25N3O2S/c1-11-5-7-17(8-6-11)14(21)20(15(22)19-17)9-12-10-23-13(18-12)16(2,3)4/h10-11H,5-9H2,1-4H3,(H,19,22). The molecule has 1 saturated heterocycles. The molecule has 2 fully saturated rings. The maximum Gasteiger partial charge on any atom is 0.325 e. The highest BCUT2D eigenvalue weighted by Gasteiger charge is 2.52. The van der Waals surface area contributed by atoms with Crippen LogP contribution in [-0.4, -0.2) is 27.4 Å². The van der Waals surface area contributed by atoms with Crippen LogP contribution in [0.5, 0.6) is 0 Å². The normalized spacial score (nSPS) is 28.5. The molecule has 5 nitrogen and oxygen atoms in total. The summed E-state index contributed by atoms with van der Waals surface area (Å²) < 4.78 is 0. The Morgan fingerprint density at radius 3 is 2.57 bits per heavy atom. The van der Waals surface area contributed by atoms with Crippen molar-refractivity contribution in [3.63, 3.8) is 0 Å². The molecule has 126 valence electrons. The van der Waals surface area contributed by atoms with Gasteiger partial charge in [0.25, 0.3) is 5.91 Å². The topological polar surface area (TPSA) is 62.3 Å². The average molecular weight is 335 g/mol. The number of hydrogen-bond acceptors (Lipinski definition) is 4. The summed E-state index contributed by atoms with van der Waals surface area (Å²) in [7, 11) is 0. The zero-order valence-electron chi connectivity index (χ0n) is 14.3. The predicted octanol–water partition coefficient (Wildman–Crippen LogP) is 3.44. The van der Waals surface area contributed by atoms with Gasteiger partial charge in [-0.15, -0.1) is 11.3 Å². The molecule has 1 aromatic rings. The fraction of sp³-hybridized carbons (Fsp3) is 0.706. The number of nitrogens with zero attached hydrogens (tertiary/aromatic N) is 2. The van der Waals surface area contributed by atoms with Gasteiger partial charge in [-0.1, -0.05) is 27.7 Å². The van der Waals surface area contributed by atoms with Crippen molar-refractivity contribution in [2.75, 3.05) is 0 Å². The van der Waals surface area contributed by atoms with Crippen molar-refractivity contribution in [1.82, 2.24) is 15.2 Å². The molecule has 6 heteroatoms. The first kappa shape index (κ1) is 16.4. The Kier molecular flexibility index (Phi) is 3.99.